The van der Waals surface area contributed by atoms with E-state index >= 15 is 0 Å². The number of nitrogens with zero attached hydrogens (tertiary/aromatic N) is 6. The number of aryl methyl sites for hydroxylation is 2. The van der Waals surface area contributed by atoms with Gasteiger partial charge in [0.25, 0.3) is 0 Å². The summed E-state index contributed by atoms with van der Waals surface area (Å²) in [6.07, 6.45) is -2.81. The van der Waals surface area contributed by atoms with E-state index in [0.717, 1.165) is 29.1 Å². The molecule has 0 radical (unpaired) electrons. The van der Waals surface area contributed by atoms with E-state index in [1.165, 1.54) is 12.1 Å². The highest BCUT2D eigenvalue weighted by atomic mass is 19.4. The van der Waals surface area contributed by atoms with Crippen LogP contribution in [0.1, 0.15) is 22.5 Å². The number of imidazole rings is 1. The number of alkyl halides is 3. The zero-order valence-electron chi connectivity index (χ0n) is 16.0. The number of hydrogen-bond donors (Lipinski definition) is 1. The minimum absolute atomic E-state index is 0.235. The van der Waals surface area contributed by atoms with Gasteiger partial charge in [0.2, 0.25) is 0 Å². The third-order valence-electron chi connectivity index (χ3n) is 4.86. The van der Waals surface area contributed by atoms with Crippen LogP contribution in [0.2, 0.25) is 0 Å². The van der Waals surface area contributed by atoms with Gasteiger partial charge in [-0.2, -0.15) is 18.3 Å². The first-order valence-electron chi connectivity index (χ1n) is 8.80. The summed E-state index contributed by atoms with van der Waals surface area (Å²) in [6.45, 7) is 4.08. The highest BCUT2D eigenvalue weighted by molar-refractivity contribution is 5.84. The molecular weight excluding hydrogens is 383 g/mol. The Labute approximate surface area is 164 Å². The zero-order valence-corrected chi connectivity index (χ0v) is 16.0. The largest absolute Gasteiger partial charge is 0.416 e. The van der Waals surface area contributed by atoms with Crippen molar-refractivity contribution in [3.8, 4) is 11.4 Å². The fraction of sp³-hybridized carbons (Fsp3) is 0.263. The van der Waals surface area contributed by atoms with Crippen LogP contribution in [-0.4, -0.2) is 29.3 Å². The monoisotopic (exact) mass is 401 g/mol. The van der Waals surface area contributed by atoms with Crippen LogP contribution in [0.5, 0.6) is 0 Å². The second-order valence-corrected chi connectivity index (χ2v) is 6.84. The number of fused-ring (bicyclic) bond motifs is 1. The maximum absolute atomic E-state index is 12.8. The van der Waals surface area contributed by atoms with Crippen molar-refractivity contribution in [2.24, 2.45) is 7.05 Å². The molecule has 0 aliphatic heterocycles. The fourth-order valence-electron chi connectivity index (χ4n) is 3.29. The van der Waals surface area contributed by atoms with Gasteiger partial charge in [-0.1, -0.05) is 12.1 Å². The van der Waals surface area contributed by atoms with Gasteiger partial charge in [-0.3, -0.25) is 4.68 Å². The van der Waals surface area contributed by atoms with Crippen LogP contribution in [0.15, 0.2) is 30.6 Å². The summed E-state index contributed by atoms with van der Waals surface area (Å²) in [5.41, 5.74) is 9.52. The molecule has 0 amide bonds. The molecule has 0 fully saturated rings. The smallest absolute Gasteiger partial charge is 0.382 e. The minimum atomic E-state index is -4.36. The lowest BCUT2D eigenvalue weighted by molar-refractivity contribution is -0.137. The predicted octanol–water partition coefficient (Wildman–Crippen LogP) is 3.49. The van der Waals surface area contributed by atoms with Crippen LogP contribution in [-0.2, 0) is 19.8 Å². The van der Waals surface area contributed by atoms with Crippen molar-refractivity contribution >= 4 is 17.0 Å². The van der Waals surface area contributed by atoms with E-state index in [1.54, 1.807) is 15.6 Å². The van der Waals surface area contributed by atoms with Crippen LogP contribution in [0.4, 0.5) is 19.0 Å². The highest BCUT2D eigenvalue weighted by Crippen LogP contribution is 2.30. The molecule has 29 heavy (non-hydrogen) atoms. The molecule has 0 aliphatic rings. The van der Waals surface area contributed by atoms with Gasteiger partial charge in [0.15, 0.2) is 17.3 Å². The van der Waals surface area contributed by atoms with Crippen molar-refractivity contribution in [1.82, 2.24) is 29.3 Å². The Morgan fingerprint density at radius 2 is 1.76 bits per heavy atom. The van der Waals surface area contributed by atoms with Gasteiger partial charge in [-0.25, -0.2) is 15.0 Å². The zero-order chi connectivity index (χ0) is 20.9. The molecule has 0 saturated carbocycles. The van der Waals surface area contributed by atoms with Gasteiger partial charge in [-0.05, 0) is 31.5 Å². The molecule has 0 saturated heterocycles. The molecule has 4 aromatic rings. The number of benzene rings is 1. The van der Waals surface area contributed by atoms with Gasteiger partial charge >= 0.3 is 6.18 Å². The summed E-state index contributed by atoms with van der Waals surface area (Å²) < 4.78 is 41.8. The van der Waals surface area contributed by atoms with Crippen LogP contribution in [0.25, 0.3) is 22.6 Å². The number of nitrogen functional groups attached to an aromatic ring is 1. The lowest BCUT2D eigenvalue weighted by Gasteiger charge is -2.09. The van der Waals surface area contributed by atoms with Crippen molar-refractivity contribution in [3.63, 3.8) is 0 Å². The molecule has 2 N–H and O–H groups in total. The normalized spacial score (nSPS) is 12.1. The average molecular weight is 401 g/mol. The Balaban J connectivity index is 1.76. The number of nitrogens with two attached hydrogens (primary N) is 1. The van der Waals surface area contributed by atoms with E-state index in [-0.39, 0.29) is 5.82 Å². The Morgan fingerprint density at radius 3 is 2.34 bits per heavy atom. The Morgan fingerprint density at radius 1 is 1.07 bits per heavy atom. The first-order valence-corrected chi connectivity index (χ1v) is 8.80. The third kappa shape index (κ3) is 3.30. The molecule has 0 atom stereocenters. The lowest BCUT2D eigenvalue weighted by Crippen LogP contribution is -2.06. The quantitative estimate of drug-likeness (QED) is 0.568. The Hall–Kier alpha value is -3.43. The molecule has 0 spiro atoms. The first kappa shape index (κ1) is 18.9. The third-order valence-corrected chi connectivity index (χ3v) is 4.86. The number of hydrogen-bond acceptors (Lipinski definition) is 5. The van der Waals surface area contributed by atoms with Crippen molar-refractivity contribution in [3.05, 3.63) is 53.1 Å². The van der Waals surface area contributed by atoms with Crippen LogP contribution < -0.4 is 5.73 Å². The lowest BCUT2D eigenvalue weighted by atomic mass is 10.1. The van der Waals surface area contributed by atoms with Gasteiger partial charge in [-0.15, -0.1) is 0 Å². The minimum Gasteiger partial charge on any atom is -0.382 e. The van der Waals surface area contributed by atoms with E-state index in [4.69, 9.17) is 5.73 Å². The molecular formula is C19H18F3N7. The van der Waals surface area contributed by atoms with Crippen LogP contribution in [0.3, 0.4) is 0 Å². The van der Waals surface area contributed by atoms with Gasteiger partial charge < -0.3 is 10.3 Å². The highest BCUT2D eigenvalue weighted by Gasteiger charge is 2.30. The molecule has 0 unspecified atom stereocenters. The number of rotatable bonds is 3. The van der Waals surface area contributed by atoms with E-state index in [0.29, 0.717) is 29.1 Å². The Kier molecular flexibility index (Phi) is 4.29. The molecule has 1 aromatic carbocycles. The Bertz CT molecular complexity index is 1200. The SMILES string of the molecule is Cc1nn(C)c(C)c1-c1nc(N)c2ncn(Cc3ccc(C(F)(F)F)cc3)c2n1. The average Bonchev–Trinajstić information content (AvgIpc) is 3.15. The first-order chi connectivity index (χ1) is 13.6. The maximum Gasteiger partial charge on any atom is 0.416 e. The van der Waals surface area contributed by atoms with Crippen LogP contribution in [0, 0.1) is 13.8 Å². The summed E-state index contributed by atoms with van der Waals surface area (Å²) in [5, 5.41) is 4.38. The summed E-state index contributed by atoms with van der Waals surface area (Å²) in [4.78, 5) is 13.3. The molecule has 3 heterocycles. The fourth-order valence-corrected chi connectivity index (χ4v) is 3.29. The van der Waals surface area contributed by atoms with Crippen LogP contribution >= 0.6 is 0 Å². The van der Waals surface area contributed by atoms with Crippen molar-refractivity contribution < 1.29 is 13.2 Å². The molecule has 4 rings (SSSR count). The molecule has 10 heteroatoms. The molecule has 0 aliphatic carbocycles. The van der Waals surface area contributed by atoms with Gasteiger partial charge in [0, 0.05) is 12.7 Å². The summed E-state index contributed by atoms with van der Waals surface area (Å²) >= 11 is 0. The molecule has 0 bridgehead atoms. The maximum atomic E-state index is 12.8. The van der Waals surface area contributed by atoms with E-state index in [9.17, 15) is 13.2 Å². The predicted molar refractivity (Wildman–Crippen MR) is 102 cm³/mol. The topological polar surface area (TPSA) is 87.4 Å². The molecule has 7 nitrogen and oxygen atoms in total. The number of anilines is 1. The van der Waals surface area contributed by atoms with Crippen molar-refractivity contribution in [1.29, 1.82) is 0 Å². The van der Waals surface area contributed by atoms with E-state index in [2.05, 4.69) is 20.1 Å². The standard InChI is InChI=1S/C19H18F3N7/c1-10-14(11(2)28(3)27-10)17-25-16(23)15-18(26-17)29(9-24-15)8-12-4-6-13(7-5-12)19(20,21)22/h4-7,9H,8H2,1-3H3,(H2,23,25,26). The number of aromatic nitrogens is 6. The van der Waals surface area contributed by atoms with Gasteiger partial charge in [0.1, 0.15) is 5.52 Å². The second-order valence-electron chi connectivity index (χ2n) is 6.84. The van der Waals surface area contributed by atoms with Crippen molar-refractivity contribution in [2.75, 3.05) is 5.73 Å². The summed E-state index contributed by atoms with van der Waals surface area (Å²) in [7, 11) is 1.84. The molecule has 150 valence electrons. The van der Waals surface area contributed by atoms with Crippen molar-refractivity contribution in [2.45, 2.75) is 26.6 Å². The second kappa shape index (κ2) is 6.57. The molecule has 3 aromatic heterocycles. The number of halogens is 3. The van der Waals surface area contributed by atoms with E-state index in [1.807, 2.05) is 20.9 Å². The summed E-state index contributed by atoms with van der Waals surface area (Å²) in [5.74, 6) is 0.672. The van der Waals surface area contributed by atoms with E-state index < -0.39 is 11.7 Å². The summed E-state index contributed by atoms with van der Waals surface area (Å²) in [6, 6.07) is 5.00. The van der Waals surface area contributed by atoms with Gasteiger partial charge in [0.05, 0.1) is 29.7 Å².